The molecule has 0 aliphatic carbocycles. The largest absolute Gasteiger partial charge is 0.396 e. The fourth-order valence-corrected chi connectivity index (χ4v) is 4.97. The van der Waals surface area contributed by atoms with E-state index in [0.29, 0.717) is 28.7 Å². The molecule has 0 spiro atoms. The van der Waals surface area contributed by atoms with Crippen molar-refractivity contribution in [3.63, 3.8) is 0 Å². The van der Waals surface area contributed by atoms with Crippen LogP contribution < -0.4 is 5.73 Å². The van der Waals surface area contributed by atoms with E-state index >= 15 is 0 Å². The predicted molar refractivity (Wildman–Crippen MR) is 142 cm³/mol. The lowest BCUT2D eigenvalue weighted by Gasteiger charge is -2.06. The van der Waals surface area contributed by atoms with Crippen LogP contribution in [0.4, 0.5) is 0 Å². The Morgan fingerprint density at radius 1 is 1.11 bits per heavy atom. The number of carbonyl (C=O) groups is 1. The highest BCUT2D eigenvalue weighted by Gasteiger charge is 2.19. The van der Waals surface area contributed by atoms with Gasteiger partial charge in [-0.05, 0) is 38.8 Å². The molecule has 0 bridgehead atoms. The zero-order chi connectivity index (χ0) is 25.4. The third kappa shape index (κ3) is 6.67. The number of aliphatic hydroxyl groups excluding tert-OH is 1. The van der Waals surface area contributed by atoms with Gasteiger partial charge < -0.3 is 15.6 Å². The third-order valence-electron chi connectivity index (χ3n) is 5.44. The summed E-state index contributed by atoms with van der Waals surface area (Å²) in [4.78, 5) is 21.7. The Hall–Kier alpha value is -2.78. The van der Waals surface area contributed by atoms with Crippen LogP contribution in [0.1, 0.15) is 46.7 Å². The van der Waals surface area contributed by atoms with Gasteiger partial charge in [-0.1, -0.05) is 48.7 Å². The predicted octanol–water partition coefficient (Wildman–Crippen LogP) is 5.68. The van der Waals surface area contributed by atoms with Crippen molar-refractivity contribution in [1.82, 2.24) is 14.4 Å². The van der Waals surface area contributed by atoms with E-state index in [-0.39, 0.29) is 0 Å². The number of halogens is 1. The number of thiazole rings is 1. The molecule has 3 heterocycles. The Balaban J connectivity index is 0.000000327. The minimum absolute atomic E-state index is 0.326. The number of unbranched alkanes of at least 4 members (excludes halogenated alkanes) is 3. The van der Waals surface area contributed by atoms with Crippen LogP contribution in [0, 0.1) is 13.8 Å². The van der Waals surface area contributed by atoms with Crippen LogP contribution in [0.15, 0.2) is 42.6 Å². The molecule has 186 valence electrons. The number of rotatable bonds is 9. The number of pyridine rings is 1. The number of hydrogen-bond donors (Lipinski definition) is 2. The summed E-state index contributed by atoms with van der Waals surface area (Å²) in [5.74, 6) is -0.496. The summed E-state index contributed by atoms with van der Waals surface area (Å²) in [5.41, 5.74) is 9.94. The highest BCUT2D eigenvalue weighted by molar-refractivity contribution is 7.15. The van der Waals surface area contributed by atoms with Crippen LogP contribution in [0.2, 0.25) is 5.15 Å². The Morgan fingerprint density at radius 2 is 1.83 bits per heavy atom. The van der Waals surface area contributed by atoms with Crippen LogP contribution in [0.3, 0.4) is 0 Å². The Morgan fingerprint density at radius 3 is 2.46 bits per heavy atom. The van der Waals surface area contributed by atoms with Crippen LogP contribution in [-0.4, -0.2) is 45.7 Å². The molecule has 0 saturated heterocycles. The molecule has 1 aromatic carbocycles. The number of imidazole rings is 1. The number of nitrogens with zero attached hydrogens (tertiary/aromatic N) is 3. The van der Waals surface area contributed by atoms with Crippen molar-refractivity contribution in [1.29, 1.82) is 0 Å². The van der Waals surface area contributed by atoms with Gasteiger partial charge >= 0.3 is 0 Å². The lowest BCUT2D eigenvalue weighted by Crippen LogP contribution is -2.11. The van der Waals surface area contributed by atoms with Gasteiger partial charge in [-0.2, -0.15) is 0 Å². The molecule has 0 aliphatic heterocycles. The maximum absolute atomic E-state index is 11.4. The monoisotopic (exact) mass is 514 g/mol. The first-order chi connectivity index (χ1) is 16.9. The summed E-state index contributed by atoms with van der Waals surface area (Å²) in [6.45, 7) is 5.17. The molecule has 4 aromatic rings. The van der Waals surface area contributed by atoms with Gasteiger partial charge in [0.05, 0.1) is 15.6 Å². The number of methoxy groups -OCH3 is 1. The highest BCUT2D eigenvalue weighted by atomic mass is 35.5. The van der Waals surface area contributed by atoms with Crippen molar-refractivity contribution in [2.24, 2.45) is 5.73 Å². The number of carbonyl (C=O) groups excluding carboxylic acids is 1. The van der Waals surface area contributed by atoms with Crippen LogP contribution in [0.5, 0.6) is 0 Å². The molecule has 0 radical (unpaired) electrons. The molecule has 4 rings (SSSR count). The minimum atomic E-state index is -0.496. The lowest BCUT2D eigenvalue weighted by molar-refractivity contribution is 0.1000. The van der Waals surface area contributed by atoms with Gasteiger partial charge in [0.1, 0.15) is 16.5 Å². The number of amides is 1. The maximum atomic E-state index is 11.4. The van der Waals surface area contributed by atoms with Gasteiger partial charge in [0, 0.05) is 43.2 Å². The lowest BCUT2D eigenvalue weighted by atomic mass is 10.0. The number of nitrogens with two attached hydrogens (primary N) is 1. The van der Waals surface area contributed by atoms with Crippen molar-refractivity contribution in [3.8, 4) is 21.7 Å². The normalized spacial score (nSPS) is 10.9. The first-order valence-electron chi connectivity index (χ1n) is 11.5. The van der Waals surface area contributed by atoms with Gasteiger partial charge in [0.25, 0.3) is 0 Å². The fourth-order valence-electron chi connectivity index (χ4n) is 3.72. The van der Waals surface area contributed by atoms with Crippen molar-refractivity contribution in [2.45, 2.75) is 39.5 Å². The molecule has 7 nitrogen and oxygen atoms in total. The minimum Gasteiger partial charge on any atom is -0.396 e. The topological polar surface area (TPSA) is 103 Å². The van der Waals surface area contributed by atoms with E-state index in [4.69, 9.17) is 27.2 Å². The number of ether oxygens (including phenoxy) is 1. The molecular formula is C26H31ClN4O3S. The van der Waals surface area contributed by atoms with Crippen molar-refractivity contribution in [2.75, 3.05) is 20.3 Å². The van der Waals surface area contributed by atoms with E-state index < -0.39 is 5.91 Å². The second-order valence-electron chi connectivity index (χ2n) is 8.08. The molecule has 9 heteroatoms. The summed E-state index contributed by atoms with van der Waals surface area (Å²) >= 11 is 8.25. The SMILES string of the molecule is COCCCCCCO.Cc1nc(C)c(-c2ccccc2-c2nc3cc(C(N)=O)ccn3c2Cl)s1. The third-order valence-corrected chi connectivity index (χ3v) is 6.91. The summed E-state index contributed by atoms with van der Waals surface area (Å²) in [6, 6.07) is 11.3. The van der Waals surface area contributed by atoms with E-state index in [1.807, 2.05) is 38.1 Å². The molecular weight excluding hydrogens is 484 g/mol. The second kappa shape index (κ2) is 12.8. The van der Waals surface area contributed by atoms with E-state index in [1.54, 1.807) is 41.2 Å². The smallest absolute Gasteiger partial charge is 0.248 e. The van der Waals surface area contributed by atoms with E-state index in [0.717, 1.165) is 52.6 Å². The van der Waals surface area contributed by atoms with Crippen LogP contribution in [0.25, 0.3) is 27.3 Å². The first-order valence-corrected chi connectivity index (χ1v) is 12.7. The quantitative estimate of drug-likeness (QED) is 0.280. The van der Waals surface area contributed by atoms with Gasteiger partial charge in [-0.25, -0.2) is 9.97 Å². The van der Waals surface area contributed by atoms with Gasteiger partial charge in [-0.3, -0.25) is 9.20 Å². The molecule has 0 saturated carbocycles. The zero-order valence-electron chi connectivity index (χ0n) is 20.3. The number of aromatic nitrogens is 3. The zero-order valence-corrected chi connectivity index (χ0v) is 21.8. The number of aryl methyl sites for hydroxylation is 2. The fraction of sp³-hybridized carbons (Fsp3) is 0.346. The Labute approximate surface area is 214 Å². The Bertz CT molecular complexity index is 1280. The first kappa shape index (κ1) is 26.8. The maximum Gasteiger partial charge on any atom is 0.248 e. The molecule has 0 fully saturated rings. The van der Waals surface area contributed by atoms with Gasteiger partial charge in [0.15, 0.2) is 0 Å². The van der Waals surface area contributed by atoms with E-state index in [9.17, 15) is 4.79 Å². The Kier molecular flexibility index (Phi) is 9.80. The van der Waals surface area contributed by atoms with Crippen molar-refractivity contribution >= 4 is 34.5 Å². The number of hydrogen-bond acceptors (Lipinski definition) is 6. The number of aliphatic hydroxyl groups is 1. The van der Waals surface area contributed by atoms with Crippen LogP contribution in [-0.2, 0) is 4.74 Å². The van der Waals surface area contributed by atoms with Crippen molar-refractivity contribution in [3.05, 3.63) is 64.0 Å². The van der Waals surface area contributed by atoms with E-state index in [2.05, 4.69) is 9.97 Å². The summed E-state index contributed by atoms with van der Waals surface area (Å²) in [7, 11) is 1.71. The standard InChI is InChI=1S/C19H15ClN4OS.C7H16O2/c1-10-17(26-11(2)22-10)14-6-4-3-5-13(14)16-18(20)24-8-7-12(19(21)25)9-15(24)23-16;1-9-7-5-3-2-4-6-8/h3-9H,1-2H3,(H2,21,25);8H,2-7H2,1H3. The number of primary amides is 1. The number of benzene rings is 1. The summed E-state index contributed by atoms with van der Waals surface area (Å²) < 4.78 is 6.60. The highest BCUT2D eigenvalue weighted by Crippen LogP contribution is 2.39. The number of fused-ring (bicyclic) bond motifs is 1. The molecule has 0 unspecified atom stereocenters. The molecule has 0 atom stereocenters. The molecule has 3 N–H and O–H groups in total. The summed E-state index contributed by atoms with van der Waals surface area (Å²) in [5, 5.41) is 9.89. The average molecular weight is 515 g/mol. The summed E-state index contributed by atoms with van der Waals surface area (Å²) in [6.07, 6.45) is 6.06. The molecule has 3 aromatic heterocycles. The van der Waals surface area contributed by atoms with Crippen molar-refractivity contribution < 1.29 is 14.6 Å². The molecule has 0 aliphatic rings. The van der Waals surface area contributed by atoms with E-state index in [1.165, 1.54) is 6.42 Å². The second-order valence-corrected chi connectivity index (χ2v) is 9.64. The molecule has 1 amide bonds. The average Bonchev–Trinajstić information content (AvgIpc) is 3.36. The molecule has 35 heavy (non-hydrogen) atoms. The van der Waals surface area contributed by atoms with Crippen LogP contribution >= 0.6 is 22.9 Å². The van der Waals surface area contributed by atoms with Gasteiger partial charge in [-0.15, -0.1) is 11.3 Å². The van der Waals surface area contributed by atoms with Gasteiger partial charge in [0.2, 0.25) is 5.91 Å².